The van der Waals surface area contributed by atoms with Crippen LogP contribution < -0.4 is 10.2 Å². The predicted molar refractivity (Wildman–Crippen MR) is 88.1 cm³/mol. The van der Waals surface area contributed by atoms with Crippen molar-refractivity contribution >= 4 is 17.8 Å². The molecule has 0 saturated carbocycles. The van der Waals surface area contributed by atoms with Gasteiger partial charge in [0.15, 0.2) is 5.79 Å². The van der Waals surface area contributed by atoms with Gasteiger partial charge in [0.2, 0.25) is 5.91 Å². The minimum atomic E-state index is -0.966. The van der Waals surface area contributed by atoms with Crippen LogP contribution in [0.1, 0.15) is 18.9 Å². The fourth-order valence-corrected chi connectivity index (χ4v) is 2.17. The molecule has 1 aromatic carbocycles. The zero-order chi connectivity index (χ0) is 18.3. The summed E-state index contributed by atoms with van der Waals surface area (Å²) in [4.78, 5) is 22.2. The van der Waals surface area contributed by atoms with Crippen LogP contribution in [0.4, 0.5) is 5.69 Å². The van der Waals surface area contributed by atoms with Gasteiger partial charge in [-0.3, -0.25) is 14.9 Å². The van der Waals surface area contributed by atoms with Crippen LogP contribution in [0.3, 0.4) is 0 Å². The Morgan fingerprint density at radius 2 is 2.28 bits per heavy atom. The quantitative estimate of drug-likeness (QED) is 0.343. The zero-order valence-corrected chi connectivity index (χ0v) is 13.6. The van der Waals surface area contributed by atoms with Gasteiger partial charge in [-0.25, -0.2) is 5.43 Å². The summed E-state index contributed by atoms with van der Waals surface area (Å²) in [7, 11) is 0. The lowest BCUT2D eigenvalue weighted by molar-refractivity contribution is -0.384. The summed E-state index contributed by atoms with van der Waals surface area (Å²) in [5.41, 5.74) is 2.49. The predicted octanol–water partition coefficient (Wildman–Crippen LogP) is 1.21. The summed E-state index contributed by atoms with van der Waals surface area (Å²) in [6.07, 6.45) is 6.35. The van der Waals surface area contributed by atoms with E-state index in [-0.39, 0.29) is 18.7 Å². The molecule has 0 aliphatic carbocycles. The molecular formula is C16H17N3O6. The van der Waals surface area contributed by atoms with Gasteiger partial charge in [0.25, 0.3) is 5.69 Å². The van der Waals surface area contributed by atoms with Crippen LogP contribution in [0.15, 0.2) is 23.3 Å². The van der Waals surface area contributed by atoms with Gasteiger partial charge in [-0.15, -0.1) is 6.42 Å². The van der Waals surface area contributed by atoms with Crippen LogP contribution in [0.25, 0.3) is 0 Å². The Labute approximate surface area is 144 Å². The van der Waals surface area contributed by atoms with Crippen LogP contribution in [0.5, 0.6) is 5.75 Å². The van der Waals surface area contributed by atoms with E-state index in [0.29, 0.717) is 24.5 Å². The number of benzene rings is 1. The van der Waals surface area contributed by atoms with E-state index in [1.807, 2.05) is 0 Å². The van der Waals surface area contributed by atoms with E-state index in [0.717, 1.165) is 0 Å². The topological polar surface area (TPSA) is 112 Å². The molecule has 1 saturated heterocycles. The molecule has 132 valence electrons. The summed E-state index contributed by atoms with van der Waals surface area (Å²) in [6.45, 7) is 2.51. The first-order valence-corrected chi connectivity index (χ1v) is 7.38. The molecule has 25 heavy (non-hydrogen) atoms. The molecule has 9 nitrogen and oxygen atoms in total. The first-order chi connectivity index (χ1) is 11.9. The number of terminal acetylenes is 1. The van der Waals surface area contributed by atoms with Gasteiger partial charge in [0.05, 0.1) is 30.8 Å². The van der Waals surface area contributed by atoms with Crippen molar-refractivity contribution in [2.45, 2.75) is 19.1 Å². The molecule has 2 rings (SSSR count). The highest BCUT2D eigenvalue weighted by atomic mass is 16.7. The average molecular weight is 347 g/mol. The Morgan fingerprint density at radius 3 is 2.92 bits per heavy atom. The van der Waals surface area contributed by atoms with Gasteiger partial charge >= 0.3 is 0 Å². The molecule has 1 heterocycles. The van der Waals surface area contributed by atoms with Crippen LogP contribution in [-0.4, -0.2) is 42.7 Å². The Morgan fingerprint density at radius 1 is 1.56 bits per heavy atom. The van der Waals surface area contributed by atoms with Gasteiger partial charge in [-0.2, -0.15) is 5.10 Å². The van der Waals surface area contributed by atoms with Crippen LogP contribution in [0.2, 0.25) is 0 Å². The molecular weight excluding hydrogens is 330 g/mol. The van der Waals surface area contributed by atoms with E-state index >= 15 is 0 Å². The number of ether oxygens (including phenoxy) is 3. The molecule has 0 unspecified atom stereocenters. The minimum absolute atomic E-state index is 0.00194. The number of rotatable bonds is 7. The molecule has 1 N–H and O–H groups in total. The van der Waals surface area contributed by atoms with Crippen molar-refractivity contribution < 1.29 is 23.9 Å². The third kappa shape index (κ3) is 5.27. The van der Waals surface area contributed by atoms with Gasteiger partial charge in [0, 0.05) is 17.7 Å². The van der Waals surface area contributed by atoms with E-state index in [1.54, 1.807) is 6.92 Å². The number of hydrazone groups is 1. The van der Waals surface area contributed by atoms with Crippen molar-refractivity contribution in [2.24, 2.45) is 5.10 Å². The van der Waals surface area contributed by atoms with E-state index in [1.165, 1.54) is 24.4 Å². The smallest absolute Gasteiger partial charge is 0.270 e. The number of nitrogens with zero attached hydrogens (tertiary/aromatic N) is 2. The van der Waals surface area contributed by atoms with E-state index < -0.39 is 16.6 Å². The second kappa shape index (κ2) is 8.23. The average Bonchev–Trinajstić information content (AvgIpc) is 2.99. The summed E-state index contributed by atoms with van der Waals surface area (Å²) in [6, 6.07) is 3.98. The lowest BCUT2D eigenvalue weighted by Crippen LogP contribution is -2.33. The molecule has 1 fully saturated rings. The van der Waals surface area contributed by atoms with E-state index in [4.69, 9.17) is 20.6 Å². The number of amides is 1. The molecule has 1 aromatic rings. The number of nitro benzene ring substituents is 1. The van der Waals surface area contributed by atoms with Crippen LogP contribution in [0, 0.1) is 22.5 Å². The molecule has 0 aromatic heterocycles. The number of carbonyl (C=O) groups excluding carboxylic acids is 1. The van der Waals surface area contributed by atoms with Crippen LogP contribution in [-0.2, 0) is 14.3 Å². The fraction of sp³-hybridized carbons (Fsp3) is 0.375. The number of hydrogen-bond acceptors (Lipinski definition) is 7. The Kier molecular flexibility index (Phi) is 6.05. The molecule has 0 bridgehead atoms. The Balaban J connectivity index is 2.04. The second-order valence-corrected chi connectivity index (χ2v) is 5.27. The lowest BCUT2D eigenvalue weighted by atomic mass is 10.2. The molecule has 0 radical (unpaired) electrons. The highest BCUT2D eigenvalue weighted by Crippen LogP contribution is 2.23. The largest absolute Gasteiger partial charge is 0.480 e. The zero-order valence-electron chi connectivity index (χ0n) is 13.6. The number of carbonyl (C=O) groups is 1. The Bertz CT molecular complexity index is 719. The maximum Gasteiger partial charge on any atom is 0.270 e. The number of hydrogen-bond donors (Lipinski definition) is 1. The van der Waals surface area contributed by atoms with Crippen molar-refractivity contribution in [3.05, 3.63) is 33.9 Å². The summed E-state index contributed by atoms with van der Waals surface area (Å²) >= 11 is 0. The standard InChI is InChI=1S/C16H17N3O6/c1-3-6-23-14-5-4-13(19(21)22)9-12(14)11-17-18-15(20)10-16(2)24-7-8-25-16/h1,4-5,9,11H,6-8,10H2,2H3,(H,18,20)/b17-11+. The molecule has 9 heteroatoms. The fourth-order valence-electron chi connectivity index (χ4n) is 2.17. The first kappa shape index (κ1) is 18.4. The molecule has 0 spiro atoms. The maximum atomic E-state index is 11.9. The van der Waals surface area contributed by atoms with Crippen molar-refractivity contribution in [3.63, 3.8) is 0 Å². The Hall–Kier alpha value is -2.96. The number of nitrogens with one attached hydrogen (secondary N) is 1. The SMILES string of the molecule is C#CCOc1ccc([N+](=O)[O-])cc1/C=N/NC(=O)CC1(C)OCCO1. The monoisotopic (exact) mass is 347 g/mol. The van der Waals surface area contributed by atoms with Gasteiger partial charge in [0.1, 0.15) is 12.4 Å². The third-order valence-corrected chi connectivity index (χ3v) is 3.29. The number of non-ortho nitro benzene ring substituents is 1. The summed E-state index contributed by atoms with van der Waals surface area (Å²) in [5.74, 6) is 1.23. The summed E-state index contributed by atoms with van der Waals surface area (Å²) < 4.78 is 16.0. The molecule has 1 aliphatic rings. The van der Waals surface area contributed by atoms with Crippen LogP contribution >= 0.6 is 0 Å². The molecule has 0 atom stereocenters. The highest BCUT2D eigenvalue weighted by Gasteiger charge is 2.33. The maximum absolute atomic E-state index is 11.9. The molecule has 1 amide bonds. The summed E-state index contributed by atoms with van der Waals surface area (Å²) in [5, 5.41) is 14.7. The van der Waals surface area contributed by atoms with E-state index in [2.05, 4.69) is 16.4 Å². The third-order valence-electron chi connectivity index (χ3n) is 3.29. The second-order valence-electron chi connectivity index (χ2n) is 5.27. The van der Waals surface area contributed by atoms with E-state index in [9.17, 15) is 14.9 Å². The van der Waals surface area contributed by atoms with Crippen molar-refractivity contribution in [1.82, 2.24) is 5.43 Å². The van der Waals surface area contributed by atoms with Crippen molar-refractivity contribution in [2.75, 3.05) is 19.8 Å². The van der Waals surface area contributed by atoms with Crippen molar-refractivity contribution in [1.29, 1.82) is 0 Å². The first-order valence-electron chi connectivity index (χ1n) is 7.38. The van der Waals surface area contributed by atoms with Crippen molar-refractivity contribution in [3.8, 4) is 18.1 Å². The lowest BCUT2D eigenvalue weighted by Gasteiger charge is -2.20. The molecule has 1 aliphatic heterocycles. The van der Waals surface area contributed by atoms with Gasteiger partial charge in [-0.05, 0) is 13.0 Å². The highest BCUT2D eigenvalue weighted by molar-refractivity contribution is 5.86. The van der Waals surface area contributed by atoms with Gasteiger partial charge in [-0.1, -0.05) is 5.92 Å². The minimum Gasteiger partial charge on any atom is -0.480 e. The normalized spacial score (nSPS) is 15.7. The van der Waals surface area contributed by atoms with Gasteiger partial charge < -0.3 is 14.2 Å². The number of nitro groups is 1.